The van der Waals surface area contributed by atoms with E-state index in [2.05, 4.69) is 5.32 Å². The zero-order chi connectivity index (χ0) is 19.8. The lowest BCUT2D eigenvalue weighted by molar-refractivity contribution is -0.141. The molecule has 4 rings (SSSR count). The Hall–Kier alpha value is -2.54. The molecule has 0 unspecified atom stereocenters. The number of amides is 2. The van der Waals surface area contributed by atoms with Gasteiger partial charge in [-0.05, 0) is 49.2 Å². The number of nitrogens with zero attached hydrogens (tertiary/aromatic N) is 1. The number of carbonyl (C=O) groups is 2. The smallest absolute Gasteiger partial charge is 0.265 e. The molecule has 5 nitrogen and oxygen atoms in total. The maximum absolute atomic E-state index is 13.4. The van der Waals surface area contributed by atoms with Gasteiger partial charge >= 0.3 is 0 Å². The number of rotatable bonds is 3. The van der Waals surface area contributed by atoms with E-state index in [0.29, 0.717) is 29.4 Å². The summed E-state index contributed by atoms with van der Waals surface area (Å²) < 4.78 is 19.1. The number of thioether (sulfide) groups is 1. The average Bonchev–Trinajstić information content (AvgIpc) is 3.31. The van der Waals surface area contributed by atoms with E-state index in [4.69, 9.17) is 4.74 Å². The number of fused-ring (bicyclic) bond motifs is 1. The van der Waals surface area contributed by atoms with Gasteiger partial charge in [0.15, 0.2) is 6.10 Å². The summed E-state index contributed by atoms with van der Waals surface area (Å²) in [6, 6.07) is 9.45. The molecule has 2 aromatic rings. The molecule has 2 amide bonds. The lowest BCUT2D eigenvalue weighted by atomic mass is 10.1. The zero-order valence-electron chi connectivity index (χ0n) is 15.7. The van der Waals surface area contributed by atoms with Crippen LogP contribution >= 0.6 is 11.8 Å². The largest absolute Gasteiger partial charge is 0.480 e. The monoisotopic (exact) mass is 400 g/mol. The normalized spacial score (nSPS) is 20.6. The van der Waals surface area contributed by atoms with Gasteiger partial charge in [-0.1, -0.05) is 12.1 Å². The van der Waals surface area contributed by atoms with Crippen molar-refractivity contribution in [1.82, 2.24) is 4.90 Å². The molecule has 1 N–H and O–H groups in total. The van der Waals surface area contributed by atoms with Crippen molar-refractivity contribution in [3.05, 3.63) is 58.9 Å². The highest BCUT2D eigenvalue weighted by Crippen LogP contribution is 2.32. The van der Waals surface area contributed by atoms with Gasteiger partial charge in [0.2, 0.25) is 5.91 Å². The second-order valence-corrected chi connectivity index (χ2v) is 8.12. The van der Waals surface area contributed by atoms with Crippen LogP contribution in [0.4, 0.5) is 10.1 Å². The third-order valence-electron chi connectivity index (χ3n) is 5.30. The number of benzene rings is 2. The third-order valence-corrected chi connectivity index (χ3v) is 6.32. The van der Waals surface area contributed by atoms with Gasteiger partial charge in [0.05, 0.1) is 5.88 Å². The summed E-state index contributed by atoms with van der Waals surface area (Å²) in [5.41, 5.74) is 3.54. The molecule has 2 atom stereocenters. The molecule has 0 saturated carbocycles. The fraction of sp³-hybridized carbons (Fsp3) is 0.333. The van der Waals surface area contributed by atoms with E-state index in [-0.39, 0.29) is 17.6 Å². The van der Waals surface area contributed by atoms with Crippen LogP contribution in [0.3, 0.4) is 0 Å². The van der Waals surface area contributed by atoms with E-state index in [0.717, 1.165) is 16.8 Å². The van der Waals surface area contributed by atoms with E-state index in [1.165, 1.54) is 23.9 Å². The lowest BCUT2D eigenvalue weighted by Gasteiger charge is -2.25. The van der Waals surface area contributed by atoms with Crippen LogP contribution in [0.2, 0.25) is 0 Å². The standard InChI is InChI=1S/C21H21FN2O3S/c1-12-4-3-5-16(13(12)2)23-20(25)17-10-28-11-24(17)21(26)19-9-14-8-15(22)6-7-18(14)27-19/h3-8,17,19H,9-11H2,1-2H3,(H,23,25)/t17-,19-/m1/s1. The predicted octanol–water partition coefficient (Wildman–Crippen LogP) is 3.29. The first-order valence-corrected chi connectivity index (χ1v) is 10.3. The highest BCUT2D eigenvalue weighted by atomic mass is 32.2. The van der Waals surface area contributed by atoms with Crippen LogP contribution in [-0.2, 0) is 16.0 Å². The van der Waals surface area contributed by atoms with Crippen molar-refractivity contribution >= 4 is 29.3 Å². The number of aryl methyl sites for hydroxylation is 1. The van der Waals surface area contributed by atoms with Gasteiger partial charge in [0, 0.05) is 23.4 Å². The van der Waals surface area contributed by atoms with Crippen LogP contribution in [-0.4, -0.2) is 40.5 Å². The predicted molar refractivity (Wildman–Crippen MR) is 107 cm³/mol. The molecule has 1 saturated heterocycles. The molecule has 0 bridgehead atoms. The van der Waals surface area contributed by atoms with Gasteiger partial charge in [0.1, 0.15) is 17.6 Å². The summed E-state index contributed by atoms with van der Waals surface area (Å²) >= 11 is 1.54. The van der Waals surface area contributed by atoms with E-state index in [1.54, 1.807) is 11.0 Å². The molecule has 0 radical (unpaired) electrons. The Balaban J connectivity index is 1.47. The molecule has 0 spiro atoms. The third kappa shape index (κ3) is 3.46. The van der Waals surface area contributed by atoms with E-state index < -0.39 is 12.1 Å². The first-order valence-electron chi connectivity index (χ1n) is 9.14. The topological polar surface area (TPSA) is 58.6 Å². The molecule has 146 valence electrons. The molecular formula is C21H21FN2O3S. The zero-order valence-corrected chi connectivity index (χ0v) is 16.5. The Kier molecular flexibility index (Phi) is 5.02. The Labute approximate surface area is 167 Å². The molecule has 7 heteroatoms. The van der Waals surface area contributed by atoms with Crippen LogP contribution in [0.25, 0.3) is 0 Å². The van der Waals surface area contributed by atoms with Crippen molar-refractivity contribution in [2.75, 3.05) is 16.9 Å². The lowest BCUT2D eigenvalue weighted by Crippen LogP contribution is -2.49. The van der Waals surface area contributed by atoms with Crippen LogP contribution in [0, 0.1) is 19.7 Å². The van der Waals surface area contributed by atoms with Crippen molar-refractivity contribution in [3.8, 4) is 5.75 Å². The molecule has 0 aromatic heterocycles. The second-order valence-electron chi connectivity index (χ2n) is 7.12. The van der Waals surface area contributed by atoms with Gasteiger partial charge < -0.3 is 15.0 Å². The highest BCUT2D eigenvalue weighted by molar-refractivity contribution is 7.99. The van der Waals surface area contributed by atoms with Crippen molar-refractivity contribution < 1.29 is 18.7 Å². The molecule has 2 aliphatic rings. The van der Waals surface area contributed by atoms with Crippen molar-refractivity contribution in [1.29, 1.82) is 0 Å². The molecule has 0 aliphatic carbocycles. The number of halogens is 1. The van der Waals surface area contributed by atoms with Gasteiger partial charge in [0.25, 0.3) is 5.91 Å². The maximum Gasteiger partial charge on any atom is 0.265 e. The van der Waals surface area contributed by atoms with Crippen molar-refractivity contribution in [2.45, 2.75) is 32.4 Å². The van der Waals surface area contributed by atoms with E-state index in [9.17, 15) is 14.0 Å². The van der Waals surface area contributed by atoms with Crippen LogP contribution < -0.4 is 10.1 Å². The number of hydrogen-bond donors (Lipinski definition) is 1. The summed E-state index contributed by atoms with van der Waals surface area (Å²) in [7, 11) is 0. The first-order chi connectivity index (χ1) is 13.4. The summed E-state index contributed by atoms with van der Waals surface area (Å²) in [6.45, 7) is 3.95. The summed E-state index contributed by atoms with van der Waals surface area (Å²) in [5.74, 6) is 0.725. The van der Waals surface area contributed by atoms with Crippen LogP contribution in [0.1, 0.15) is 16.7 Å². The fourth-order valence-electron chi connectivity index (χ4n) is 3.52. The van der Waals surface area contributed by atoms with E-state index in [1.807, 2.05) is 32.0 Å². The maximum atomic E-state index is 13.4. The number of hydrogen-bond acceptors (Lipinski definition) is 4. The minimum Gasteiger partial charge on any atom is -0.480 e. The molecule has 1 fully saturated rings. The Bertz CT molecular complexity index is 949. The number of carbonyl (C=O) groups excluding carboxylic acids is 2. The van der Waals surface area contributed by atoms with Gasteiger partial charge in [-0.3, -0.25) is 9.59 Å². The van der Waals surface area contributed by atoms with Crippen molar-refractivity contribution in [3.63, 3.8) is 0 Å². The summed E-state index contributed by atoms with van der Waals surface area (Å²) in [6.07, 6.45) is -0.398. The highest BCUT2D eigenvalue weighted by Gasteiger charge is 2.40. The number of nitrogens with one attached hydrogen (secondary N) is 1. The number of ether oxygens (including phenoxy) is 1. The number of anilines is 1. The summed E-state index contributed by atoms with van der Waals surface area (Å²) in [5, 5.41) is 2.96. The van der Waals surface area contributed by atoms with E-state index >= 15 is 0 Å². The van der Waals surface area contributed by atoms with Crippen LogP contribution in [0.15, 0.2) is 36.4 Å². The summed E-state index contributed by atoms with van der Waals surface area (Å²) in [4.78, 5) is 27.4. The molecule has 2 aromatic carbocycles. The fourth-order valence-corrected chi connectivity index (χ4v) is 4.68. The molecule has 2 heterocycles. The molecular weight excluding hydrogens is 379 g/mol. The van der Waals surface area contributed by atoms with Gasteiger partial charge in [-0.15, -0.1) is 11.8 Å². The molecule has 28 heavy (non-hydrogen) atoms. The quantitative estimate of drug-likeness (QED) is 0.859. The van der Waals surface area contributed by atoms with Crippen LogP contribution in [0.5, 0.6) is 5.75 Å². The SMILES string of the molecule is Cc1cccc(NC(=O)[C@H]2CSCN2C(=O)[C@H]2Cc3cc(F)ccc3O2)c1C. The minimum absolute atomic E-state index is 0.200. The molecule has 2 aliphatic heterocycles. The second kappa shape index (κ2) is 7.47. The Morgan fingerprint density at radius 3 is 2.89 bits per heavy atom. The Morgan fingerprint density at radius 2 is 2.07 bits per heavy atom. The average molecular weight is 400 g/mol. The Morgan fingerprint density at radius 1 is 1.25 bits per heavy atom. The van der Waals surface area contributed by atoms with Crippen molar-refractivity contribution in [2.24, 2.45) is 0 Å². The van der Waals surface area contributed by atoms with Gasteiger partial charge in [-0.2, -0.15) is 0 Å². The minimum atomic E-state index is -0.716. The van der Waals surface area contributed by atoms with Gasteiger partial charge in [-0.25, -0.2) is 4.39 Å². The first kappa shape index (κ1) is 18.8.